The summed E-state index contributed by atoms with van der Waals surface area (Å²) in [5.74, 6) is -0.804. The lowest BCUT2D eigenvalue weighted by Crippen LogP contribution is -2.46. The van der Waals surface area contributed by atoms with Crippen molar-refractivity contribution in [3.63, 3.8) is 0 Å². The first-order valence-corrected chi connectivity index (χ1v) is 7.98. The van der Waals surface area contributed by atoms with E-state index in [4.69, 9.17) is 5.73 Å². The number of aryl methyl sites for hydroxylation is 1. The molecule has 0 saturated heterocycles. The Balaban J connectivity index is 2.04. The van der Waals surface area contributed by atoms with Gasteiger partial charge in [-0.15, -0.1) is 0 Å². The van der Waals surface area contributed by atoms with E-state index in [1.165, 1.54) is 4.90 Å². The zero-order valence-electron chi connectivity index (χ0n) is 14.4. The molecular weight excluding hydrogens is 304 g/mol. The van der Waals surface area contributed by atoms with Crippen LogP contribution in [0.25, 0.3) is 0 Å². The van der Waals surface area contributed by atoms with Gasteiger partial charge in [-0.05, 0) is 45.4 Å². The minimum atomic E-state index is -0.671. The first kappa shape index (κ1) is 16.2. The van der Waals surface area contributed by atoms with Crippen LogP contribution in [0.15, 0.2) is 30.3 Å². The highest BCUT2D eigenvalue weighted by molar-refractivity contribution is 6.10. The molecule has 1 atom stereocenters. The molecular formula is C18H22N4O2. The predicted octanol–water partition coefficient (Wildman–Crippen LogP) is 2.00. The molecule has 0 radical (unpaired) electrons. The Hall–Kier alpha value is -2.63. The van der Waals surface area contributed by atoms with E-state index in [1.54, 1.807) is 6.07 Å². The summed E-state index contributed by atoms with van der Waals surface area (Å²) in [5.41, 5.74) is 8.20. The summed E-state index contributed by atoms with van der Waals surface area (Å²) in [6, 6.07) is 8.58. The number of carbonyl (C=O) groups excluding carboxylic acids is 2. The fraction of sp³-hybridized carbons (Fsp3) is 0.389. The second-order valence-corrected chi connectivity index (χ2v) is 7.18. The van der Waals surface area contributed by atoms with Gasteiger partial charge in [0.25, 0.3) is 5.91 Å². The molecule has 24 heavy (non-hydrogen) atoms. The molecule has 2 amide bonds. The van der Waals surface area contributed by atoms with Crippen LogP contribution < -0.4 is 10.6 Å². The van der Waals surface area contributed by atoms with E-state index in [9.17, 15) is 9.59 Å². The number of benzene rings is 1. The number of carbonyl (C=O) groups is 2. The average molecular weight is 326 g/mol. The van der Waals surface area contributed by atoms with Crippen LogP contribution >= 0.6 is 0 Å². The van der Waals surface area contributed by atoms with Gasteiger partial charge >= 0.3 is 0 Å². The van der Waals surface area contributed by atoms with Gasteiger partial charge in [0.05, 0.1) is 5.54 Å². The molecule has 2 N–H and O–H groups in total. The summed E-state index contributed by atoms with van der Waals surface area (Å²) >= 11 is 0. The fourth-order valence-electron chi connectivity index (χ4n) is 3.25. The Morgan fingerprint density at radius 3 is 2.50 bits per heavy atom. The van der Waals surface area contributed by atoms with E-state index in [1.807, 2.05) is 56.6 Å². The van der Waals surface area contributed by atoms with Gasteiger partial charge in [-0.1, -0.05) is 18.2 Å². The van der Waals surface area contributed by atoms with Crippen LogP contribution in [0, 0.1) is 6.92 Å². The number of anilines is 1. The van der Waals surface area contributed by atoms with Gasteiger partial charge in [0, 0.05) is 17.8 Å². The van der Waals surface area contributed by atoms with Crippen molar-refractivity contribution in [2.45, 2.75) is 45.7 Å². The SMILES string of the molecule is Cc1cc(C(=O)N2c3ccccc3C[C@H]2C(N)=O)nn1C(C)(C)C. The number of nitrogens with zero attached hydrogens (tertiary/aromatic N) is 3. The molecule has 1 aliphatic heterocycles. The van der Waals surface area contributed by atoms with Crippen molar-refractivity contribution in [2.24, 2.45) is 5.73 Å². The van der Waals surface area contributed by atoms with Gasteiger partial charge in [-0.25, -0.2) is 0 Å². The molecule has 0 spiro atoms. The third-order valence-electron chi connectivity index (χ3n) is 4.27. The van der Waals surface area contributed by atoms with Crippen molar-refractivity contribution < 1.29 is 9.59 Å². The quantitative estimate of drug-likeness (QED) is 0.916. The van der Waals surface area contributed by atoms with Gasteiger partial charge in [-0.3, -0.25) is 19.2 Å². The summed E-state index contributed by atoms with van der Waals surface area (Å²) in [5, 5.41) is 4.47. The molecule has 0 saturated carbocycles. The number of amides is 2. The molecule has 6 nitrogen and oxygen atoms in total. The maximum absolute atomic E-state index is 13.1. The summed E-state index contributed by atoms with van der Waals surface area (Å²) < 4.78 is 1.82. The summed E-state index contributed by atoms with van der Waals surface area (Å²) in [6.07, 6.45) is 0.441. The average Bonchev–Trinajstić information content (AvgIpc) is 3.07. The second-order valence-electron chi connectivity index (χ2n) is 7.18. The summed E-state index contributed by atoms with van der Waals surface area (Å²) in [7, 11) is 0. The van der Waals surface area contributed by atoms with Crippen LogP contribution in [0.4, 0.5) is 5.69 Å². The molecule has 1 aliphatic rings. The molecule has 126 valence electrons. The van der Waals surface area contributed by atoms with Crippen molar-refractivity contribution >= 4 is 17.5 Å². The molecule has 1 aromatic carbocycles. The highest BCUT2D eigenvalue weighted by atomic mass is 16.2. The van der Waals surface area contributed by atoms with Crippen LogP contribution in [-0.4, -0.2) is 27.6 Å². The second kappa shape index (κ2) is 5.47. The number of primary amides is 1. The number of aromatic nitrogens is 2. The zero-order chi connectivity index (χ0) is 17.6. The lowest BCUT2D eigenvalue weighted by atomic mass is 10.1. The number of para-hydroxylation sites is 1. The Labute approximate surface area is 141 Å². The van der Waals surface area contributed by atoms with Crippen molar-refractivity contribution in [1.29, 1.82) is 0 Å². The van der Waals surface area contributed by atoms with Gasteiger partial charge in [0.15, 0.2) is 5.69 Å². The van der Waals surface area contributed by atoms with E-state index in [0.717, 1.165) is 16.9 Å². The van der Waals surface area contributed by atoms with E-state index in [-0.39, 0.29) is 11.4 Å². The third-order valence-corrected chi connectivity index (χ3v) is 4.27. The Bertz CT molecular complexity index is 817. The number of nitrogens with two attached hydrogens (primary N) is 1. The molecule has 0 fully saturated rings. The molecule has 1 aromatic heterocycles. The van der Waals surface area contributed by atoms with Crippen molar-refractivity contribution in [3.8, 4) is 0 Å². The normalized spacial score (nSPS) is 17.0. The largest absolute Gasteiger partial charge is 0.368 e. The molecule has 3 rings (SSSR count). The van der Waals surface area contributed by atoms with Crippen molar-refractivity contribution in [3.05, 3.63) is 47.3 Å². The predicted molar refractivity (Wildman–Crippen MR) is 91.9 cm³/mol. The molecule has 0 aliphatic carbocycles. The van der Waals surface area contributed by atoms with Crippen LogP contribution in [0.3, 0.4) is 0 Å². The van der Waals surface area contributed by atoms with Gasteiger partial charge in [0.2, 0.25) is 5.91 Å². The minimum absolute atomic E-state index is 0.228. The minimum Gasteiger partial charge on any atom is -0.368 e. The smallest absolute Gasteiger partial charge is 0.279 e. The highest BCUT2D eigenvalue weighted by Gasteiger charge is 2.38. The van der Waals surface area contributed by atoms with Crippen molar-refractivity contribution in [2.75, 3.05) is 4.90 Å². The lowest BCUT2D eigenvalue weighted by Gasteiger charge is -2.23. The number of hydrogen-bond acceptors (Lipinski definition) is 3. The topological polar surface area (TPSA) is 81.2 Å². The van der Waals surface area contributed by atoms with Crippen LogP contribution in [0.2, 0.25) is 0 Å². The fourth-order valence-corrected chi connectivity index (χ4v) is 3.25. The standard InChI is InChI=1S/C18H22N4O2/c1-11-9-13(20-22(11)18(2,3)4)17(24)21-14-8-6-5-7-12(14)10-15(21)16(19)23/h5-9,15H,10H2,1-4H3,(H2,19,23)/t15-/m0/s1. The van der Waals surface area contributed by atoms with Gasteiger partial charge in [-0.2, -0.15) is 5.10 Å². The molecule has 0 unspecified atom stereocenters. The number of hydrogen-bond donors (Lipinski definition) is 1. The van der Waals surface area contributed by atoms with Gasteiger partial charge in [0.1, 0.15) is 6.04 Å². The number of fused-ring (bicyclic) bond motifs is 1. The Morgan fingerprint density at radius 2 is 1.92 bits per heavy atom. The molecule has 2 aromatic rings. The molecule has 6 heteroatoms. The van der Waals surface area contributed by atoms with E-state index in [0.29, 0.717) is 12.1 Å². The van der Waals surface area contributed by atoms with E-state index < -0.39 is 11.9 Å². The lowest BCUT2D eigenvalue weighted by molar-refractivity contribution is -0.119. The molecule has 0 bridgehead atoms. The molecule has 2 heterocycles. The first-order chi connectivity index (χ1) is 11.2. The maximum Gasteiger partial charge on any atom is 0.279 e. The first-order valence-electron chi connectivity index (χ1n) is 7.98. The monoisotopic (exact) mass is 326 g/mol. The van der Waals surface area contributed by atoms with E-state index >= 15 is 0 Å². The number of rotatable bonds is 2. The van der Waals surface area contributed by atoms with Gasteiger partial charge < -0.3 is 5.73 Å². The van der Waals surface area contributed by atoms with Crippen LogP contribution in [0.1, 0.15) is 42.5 Å². The van der Waals surface area contributed by atoms with E-state index in [2.05, 4.69) is 5.10 Å². The zero-order valence-corrected chi connectivity index (χ0v) is 14.4. The van der Waals surface area contributed by atoms with Crippen molar-refractivity contribution in [1.82, 2.24) is 9.78 Å². The Morgan fingerprint density at radius 1 is 1.25 bits per heavy atom. The summed E-state index contributed by atoms with van der Waals surface area (Å²) in [6.45, 7) is 7.99. The maximum atomic E-state index is 13.1. The van der Waals surface area contributed by atoms with Crippen LogP contribution in [0.5, 0.6) is 0 Å². The Kier molecular flexibility index (Phi) is 3.70. The highest BCUT2D eigenvalue weighted by Crippen LogP contribution is 2.33. The van der Waals surface area contributed by atoms with Crippen LogP contribution in [-0.2, 0) is 16.8 Å². The third kappa shape index (κ3) is 2.58. The summed E-state index contributed by atoms with van der Waals surface area (Å²) in [4.78, 5) is 26.4.